The molecule has 0 bridgehead atoms. The Morgan fingerprint density at radius 3 is 1.93 bits per heavy atom. The van der Waals surface area contributed by atoms with E-state index >= 15 is 0 Å². The number of alkyl halides is 10. The molecule has 1 amide bonds. The van der Waals surface area contributed by atoms with Crippen LogP contribution in [0.4, 0.5) is 43.9 Å². The summed E-state index contributed by atoms with van der Waals surface area (Å²) in [5, 5.41) is 21.8. The van der Waals surface area contributed by atoms with Gasteiger partial charge >= 0.3 is 36.3 Å². The number of carbonyl (C=O) groups excluding carboxylic acids is 2. The third kappa shape index (κ3) is 8.76. The number of carboxylic acids is 1. The number of hydrogen-bond donors (Lipinski definition) is 1. The zero-order valence-corrected chi connectivity index (χ0v) is 31.7. The van der Waals surface area contributed by atoms with Crippen molar-refractivity contribution in [3.05, 3.63) is 99.3 Å². The van der Waals surface area contributed by atoms with Gasteiger partial charge in [-0.2, -0.15) is 36.7 Å². The summed E-state index contributed by atoms with van der Waals surface area (Å²) < 4.78 is 146. The second-order valence-corrected chi connectivity index (χ2v) is 15.0. The fourth-order valence-corrected chi connectivity index (χ4v) is 6.36. The van der Waals surface area contributed by atoms with Gasteiger partial charge in [-0.05, 0) is 66.9 Å². The summed E-state index contributed by atoms with van der Waals surface area (Å²) in [4.78, 5) is 40.2. The highest BCUT2D eigenvalue weighted by molar-refractivity contribution is 6.34. The van der Waals surface area contributed by atoms with Crippen LogP contribution in [-0.4, -0.2) is 68.1 Å². The SMILES string of the molecule is CC(C)(C)C(OC(=O)c1ccc(C(=O)O)cc1)N(C(=O)c1cc(-c2cnn(-c3c(Cl)cc(C(F)(C(F)(F)F)C(F)(F)F)cc3OC(F)(F)F)c2)ccc1Cl)C1(C#N)CC1. The summed E-state index contributed by atoms with van der Waals surface area (Å²) >= 11 is 12.4. The first-order valence-electron chi connectivity index (χ1n) is 16.6. The van der Waals surface area contributed by atoms with E-state index in [2.05, 4.69) is 15.9 Å². The summed E-state index contributed by atoms with van der Waals surface area (Å²) in [6.07, 6.45) is -18.5. The van der Waals surface area contributed by atoms with Gasteiger partial charge in [0.05, 0.1) is 39.0 Å². The highest BCUT2D eigenvalue weighted by Gasteiger charge is 2.73. The lowest BCUT2D eigenvalue weighted by atomic mass is 9.91. The van der Waals surface area contributed by atoms with E-state index in [1.165, 1.54) is 30.3 Å². The van der Waals surface area contributed by atoms with Crippen LogP contribution in [0.5, 0.6) is 5.75 Å². The number of carbonyl (C=O) groups is 3. The predicted molar refractivity (Wildman–Crippen MR) is 186 cm³/mol. The number of esters is 1. The summed E-state index contributed by atoms with van der Waals surface area (Å²) in [7, 11) is 0. The Morgan fingerprint density at radius 2 is 1.44 bits per heavy atom. The van der Waals surface area contributed by atoms with E-state index in [9.17, 15) is 68.7 Å². The number of carboxylic acid groups (broad SMARTS) is 1. The van der Waals surface area contributed by atoms with Crippen molar-refractivity contribution in [2.75, 3.05) is 0 Å². The minimum atomic E-state index is -6.71. The van der Waals surface area contributed by atoms with Crippen LogP contribution in [0.15, 0.2) is 67.0 Å². The van der Waals surface area contributed by atoms with E-state index in [0.717, 1.165) is 29.4 Å². The molecule has 1 aromatic heterocycles. The number of ether oxygens (including phenoxy) is 2. The van der Waals surface area contributed by atoms with Crippen LogP contribution in [-0.2, 0) is 10.4 Å². The molecule has 1 aliphatic rings. The maximum atomic E-state index is 14.9. The number of hydrogen-bond acceptors (Lipinski definition) is 7. The van der Waals surface area contributed by atoms with Crippen LogP contribution in [0.2, 0.25) is 10.0 Å². The number of rotatable bonds is 10. The van der Waals surface area contributed by atoms with Gasteiger partial charge in [0.25, 0.3) is 5.91 Å². The molecule has 1 N–H and O–H groups in total. The fraction of sp³-hybridized carbons (Fsp3) is 0.324. The number of halogens is 12. The zero-order chi connectivity index (χ0) is 44.3. The Balaban J connectivity index is 1.57. The molecule has 314 valence electrons. The van der Waals surface area contributed by atoms with Gasteiger partial charge in [0.1, 0.15) is 11.2 Å². The number of aromatic nitrogens is 2. The maximum absolute atomic E-state index is 14.9. The molecule has 1 saturated carbocycles. The molecular formula is C37H26Cl2F10N4O6. The standard InChI is InChI=1S/C37H26Cl2F10N4O6/c1-32(2,3)31(58-30(57)19-6-4-18(5-7-19)29(55)56)53(33(17-50)10-11-33)28(54)23-12-20(8-9-24(23)38)21-15-51-52(16-21)27-25(39)13-22(14-26(27)59-37(47,48)49)34(40,35(41,42)43)36(44,45)46/h4-9,12-16,31H,10-11H2,1-3H3,(H,55,56). The highest BCUT2D eigenvalue weighted by Crippen LogP contribution is 2.55. The van der Waals surface area contributed by atoms with Crippen LogP contribution in [0.3, 0.4) is 0 Å². The predicted octanol–water partition coefficient (Wildman–Crippen LogP) is 10.5. The molecule has 22 heteroatoms. The molecule has 0 radical (unpaired) electrons. The van der Waals surface area contributed by atoms with Gasteiger partial charge in [0, 0.05) is 22.7 Å². The highest BCUT2D eigenvalue weighted by atomic mass is 35.5. The van der Waals surface area contributed by atoms with E-state index in [-0.39, 0.29) is 51.7 Å². The van der Waals surface area contributed by atoms with Gasteiger partial charge < -0.3 is 14.6 Å². The van der Waals surface area contributed by atoms with E-state index < -0.39 is 87.5 Å². The average Bonchev–Trinajstić information content (AvgIpc) is 3.75. The monoisotopic (exact) mass is 882 g/mol. The lowest BCUT2D eigenvalue weighted by molar-refractivity contribution is -0.348. The van der Waals surface area contributed by atoms with Crippen molar-refractivity contribution in [1.29, 1.82) is 5.26 Å². The van der Waals surface area contributed by atoms with Crippen molar-refractivity contribution in [3.63, 3.8) is 0 Å². The van der Waals surface area contributed by atoms with Crippen molar-refractivity contribution >= 4 is 41.0 Å². The van der Waals surface area contributed by atoms with Gasteiger partial charge in [-0.1, -0.05) is 50.0 Å². The largest absolute Gasteiger partial charge is 0.573 e. The van der Waals surface area contributed by atoms with Crippen LogP contribution < -0.4 is 4.74 Å². The van der Waals surface area contributed by atoms with E-state index in [4.69, 9.17) is 27.9 Å². The zero-order valence-electron chi connectivity index (χ0n) is 30.2. The van der Waals surface area contributed by atoms with Gasteiger partial charge in [0.2, 0.25) is 0 Å². The van der Waals surface area contributed by atoms with E-state index in [0.29, 0.717) is 4.68 Å². The number of nitriles is 1. The minimum absolute atomic E-state index is 0.0385. The molecule has 4 aromatic rings. The normalized spacial score (nSPS) is 14.9. The third-order valence-electron chi connectivity index (χ3n) is 8.95. The molecule has 1 fully saturated rings. The molecule has 1 atom stereocenters. The molecule has 0 saturated heterocycles. The molecule has 3 aromatic carbocycles. The Bertz CT molecular complexity index is 2330. The van der Waals surface area contributed by atoms with Gasteiger partial charge in [-0.25, -0.2) is 18.7 Å². The molecule has 0 spiro atoms. The lowest BCUT2D eigenvalue weighted by Gasteiger charge is -2.41. The second-order valence-electron chi connectivity index (χ2n) is 14.2. The molecule has 5 rings (SSSR count). The second kappa shape index (κ2) is 15.2. The molecule has 1 aliphatic carbocycles. The van der Waals surface area contributed by atoms with Crippen LogP contribution >= 0.6 is 23.2 Å². The number of nitrogens with zero attached hydrogens (tertiary/aromatic N) is 4. The molecular weight excluding hydrogens is 857 g/mol. The van der Waals surface area contributed by atoms with E-state index in [1.54, 1.807) is 20.8 Å². The maximum Gasteiger partial charge on any atom is 0.573 e. The average molecular weight is 884 g/mol. The van der Waals surface area contributed by atoms with E-state index in [1.807, 2.05) is 0 Å². The van der Waals surface area contributed by atoms with Gasteiger partial charge in [0.15, 0.2) is 12.0 Å². The fourth-order valence-electron chi connectivity index (χ4n) is 5.86. The summed E-state index contributed by atoms with van der Waals surface area (Å²) in [5.74, 6) is -4.96. The molecule has 0 aliphatic heterocycles. The quantitative estimate of drug-likeness (QED) is 0.0945. The number of amides is 1. The van der Waals surface area contributed by atoms with Crippen LogP contribution in [0, 0.1) is 16.7 Å². The molecule has 1 heterocycles. The Hall–Kier alpha value is -5.55. The molecule has 59 heavy (non-hydrogen) atoms. The Labute approximate surface area is 336 Å². The van der Waals surface area contributed by atoms with Crippen molar-refractivity contribution in [2.45, 2.75) is 69.8 Å². The van der Waals surface area contributed by atoms with Crippen molar-refractivity contribution < 1.29 is 72.9 Å². The summed E-state index contributed by atoms with van der Waals surface area (Å²) in [6.45, 7) is 4.81. The molecule has 10 nitrogen and oxygen atoms in total. The first kappa shape index (κ1) is 44.6. The molecule has 1 unspecified atom stereocenters. The third-order valence-corrected chi connectivity index (χ3v) is 9.57. The van der Waals surface area contributed by atoms with Gasteiger partial charge in [-0.3, -0.25) is 9.69 Å². The topological polar surface area (TPSA) is 135 Å². The van der Waals surface area contributed by atoms with Crippen LogP contribution in [0.25, 0.3) is 16.8 Å². The van der Waals surface area contributed by atoms with Crippen LogP contribution in [0.1, 0.15) is 70.3 Å². The summed E-state index contributed by atoms with van der Waals surface area (Å²) in [6, 6.07) is 9.80. The smallest absolute Gasteiger partial charge is 0.478 e. The lowest BCUT2D eigenvalue weighted by Crippen LogP contribution is -2.55. The number of aromatic carboxylic acids is 1. The Kier molecular flexibility index (Phi) is 11.5. The first-order valence-corrected chi connectivity index (χ1v) is 17.4. The minimum Gasteiger partial charge on any atom is -0.478 e. The van der Waals surface area contributed by atoms with Gasteiger partial charge in [-0.15, -0.1) is 13.2 Å². The Morgan fingerprint density at radius 1 is 0.864 bits per heavy atom. The van der Waals surface area contributed by atoms with Crippen molar-refractivity contribution in [2.24, 2.45) is 5.41 Å². The van der Waals surface area contributed by atoms with Crippen molar-refractivity contribution in [3.8, 4) is 28.6 Å². The number of benzene rings is 3. The summed E-state index contributed by atoms with van der Waals surface area (Å²) in [5.41, 5.74) is -12.7. The van der Waals surface area contributed by atoms with Crippen molar-refractivity contribution in [1.82, 2.24) is 14.7 Å². The first-order chi connectivity index (χ1) is 27.0.